The first-order valence-electron chi connectivity index (χ1n) is 9.88. The Bertz CT molecular complexity index is 833. The van der Waals surface area contributed by atoms with Crippen LogP contribution in [0.2, 0.25) is 0 Å². The summed E-state index contributed by atoms with van der Waals surface area (Å²) in [7, 11) is 0. The van der Waals surface area contributed by atoms with Crippen LogP contribution in [0.1, 0.15) is 74.5 Å². The highest BCUT2D eigenvalue weighted by atomic mass is 35.5. The molecular weight excluding hydrogens is 397 g/mol. The molecule has 0 aromatic carbocycles. The second kappa shape index (κ2) is 8.97. The van der Waals surface area contributed by atoms with Crippen molar-refractivity contribution >= 4 is 41.8 Å². The summed E-state index contributed by atoms with van der Waals surface area (Å²) in [6.07, 6.45) is 6.15. The third-order valence-corrected chi connectivity index (χ3v) is 5.81. The zero-order chi connectivity index (χ0) is 18.4. The van der Waals surface area contributed by atoms with Crippen molar-refractivity contribution in [1.29, 1.82) is 0 Å². The van der Waals surface area contributed by atoms with Crippen molar-refractivity contribution in [3.63, 3.8) is 0 Å². The number of rotatable bonds is 4. The summed E-state index contributed by atoms with van der Waals surface area (Å²) in [5, 5.41) is 5.38. The van der Waals surface area contributed by atoms with Crippen molar-refractivity contribution in [2.45, 2.75) is 64.5 Å². The van der Waals surface area contributed by atoms with Crippen LogP contribution in [0.5, 0.6) is 0 Å². The zero-order valence-corrected chi connectivity index (χ0v) is 18.4. The molecule has 3 heterocycles. The minimum absolute atomic E-state index is 0. The van der Waals surface area contributed by atoms with Crippen LogP contribution < -0.4 is 5.73 Å². The number of aromatic nitrogens is 3. The average molecular weight is 428 g/mol. The van der Waals surface area contributed by atoms with Crippen molar-refractivity contribution in [2.75, 3.05) is 13.1 Å². The zero-order valence-electron chi connectivity index (χ0n) is 16.8. The SMILES string of the molecule is CC1CCN(C(=O)c2cc(C3CC3)nc3c2cnn3C(C)C)C(CN)C1.Cl.Cl. The summed E-state index contributed by atoms with van der Waals surface area (Å²) >= 11 is 0. The summed E-state index contributed by atoms with van der Waals surface area (Å²) in [6.45, 7) is 7.73. The van der Waals surface area contributed by atoms with Gasteiger partial charge in [0.2, 0.25) is 0 Å². The van der Waals surface area contributed by atoms with Gasteiger partial charge in [0, 0.05) is 36.8 Å². The van der Waals surface area contributed by atoms with Crippen molar-refractivity contribution in [2.24, 2.45) is 11.7 Å². The van der Waals surface area contributed by atoms with E-state index in [4.69, 9.17) is 10.7 Å². The van der Waals surface area contributed by atoms with Crippen LogP contribution in [-0.4, -0.2) is 44.7 Å². The van der Waals surface area contributed by atoms with Gasteiger partial charge in [-0.15, -0.1) is 24.8 Å². The second-order valence-corrected chi connectivity index (χ2v) is 8.31. The molecule has 2 N–H and O–H groups in total. The number of hydrogen-bond acceptors (Lipinski definition) is 4. The van der Waals surface area contributed by atoms with E-state index in [-0.39, 0.29) is 42.8 Å². The van der Waals surface area contributed by atoms with E-state index in [1.54, 1.807) is 6.20 Å². The molecule has 2 aromatic heterocycles. The molecule has 1 aliphatic heterocycles. The first-order chi connectivity index (χ1) is 12.5. The molecule has 8 heteroatoms. The normalized spacial score (nSPS) is 22.1. The van der Waals surface area contributed by atoms with Crippen molar-refractivity contribution in [3.8, 4) is 0 Å². The van der Waals surface area contributed by atoms with E-state index in [0.717, 1.165) is 54.5 Å². The van der Waals surface area contributed by atoms with Crippen LogP contribution in [0.4, 0.5) is 0 Å². The van der Waals surface area contributed by atoms with E-state index in [1.165, 1.54) is 0 Å². The molecule has 2 aromatic rings. The molecule has 6 nitrogen and oxygen atoms in total. The van der Waals surface area contributed by atoms with Crippen molar-refractivity contribution in [3.05, 3.63) is 23.5 Å². The summed E-state index contributed by atoms with van der Waals surface area (Å²) in [5.74, 6) is 1.20. The maximum Gasteiger partial charge on any atom is 0.255 e. The van der Waals surface area contributed by atoms with Crippen molar-refractivity contribution < 1.29 is 4.79 Å². The number of carbonyl (C=O) groups excluding carboxylic acids is 1. The van der Waals surface area contributed by atoms with Gasteiger partial charge in [-0.05, 0) is 51.5 Å². The van der Waals surface area contributed by atoms with Crippen LogP contribution in [0, 0.1) is 5.92 Å². The quantitative estimate of drug-likeness (QED) is 0.801. The van der Waals surface area contributed by atoms with Gasteiger partial charge in [0.1, 0.15) is 0 Å². The number of carbonyl (C=O) groups is 1. The fourth-order valence-electron chi connectivity index (χ4n) is 4.08. The fraction of sp³-hybridized carbons (Fsp3) is 0.650. The summed E-state index contributed by atoms with van der Waals surface area (Å²) in [6, 6.07) is 2.35. The minimum Gasteiger partial charge on any atom is -0.334 e. The molecule has 2 atom stereocenters. The Morgan fingerprint density at radius 2 is 2.00 bits per heavy atom. The number of piperidine rings is 1. The molecule has 28 heavy (non-hydrogen) atoms. The van der Waals surface area contributed by atoms with Gasteiger partial charge in [0.25, 0.3) is 5.91 Å². The Morgan fingerprint density at radius 1 is 1.29 bits per heavy atom. The highest BCUT2D eigenvalue weighted by Crippen LogP contribution is 2.40. The van der Waals surface area contributed by atoms with E-state index in [2.05, 4.69) is 25.9 Å². The summed E-state index contributed by atoms with van der Waals surface area (Å²) in [4.78, 5) is 20.3. The molecule has 0 spiro atoms. The van der Waals surface area contributed by atoms with Gasteiger partial charge in [0.15, 0.2) is 5.65 Å². The molecule has 1 saturated carbocycles. The van der Waals surface area contributed by atoms with Gasteiger partial charge in [-0.1, -0.05) is 6.92 Å². The second-order valence-electron chi connectivity index (χ2n) is 8.31. The van der Waals surface area contributed by atoms with Crippen LogP contribution >= 0.6 is 24.8 Å². The van der Waals surface area contributed by atoms with Gasteiger partial charge in [-0.25, -0.2) is 9.67 Å². The Balaban J connectivity index is 0.00000140. The Morgan fingerprint density at radius 3 is 2.61 bits per heavy atom. The monoisotopic (exact) mass is 427 g/mol. The number of hydrogen-bond donors (Lipinski definition) is 1. The average Bonchev–Trinajstić information content (AvgIpc) is 3.39. The molecule has 2 unspecified atom stereocenters. The lowest BCUT2D eigenvalue weighted by molar-refractivity contribution is 0.0575. The van der Waals surface area contributed by atoms with E-state index >= 15 is 0 Å². The van der Waals surface area contributed by atoms with E-state index in [1.807, 2.05) is 15.6 Å². The third kappa shape index (κ3) is 4.14. The number of nitrogens with zero attached hydrogens (tertiary/aromatic N) is 4. The van der Waals surface area contributed by atoms with E-state index in [9.17, 15) is 4.79 Å². The predicted octanol–water partition coefficient (Wildman–Crippen LogP) is 3.93. The molecule has 1 aliphatic carbocycles. The van der Waals surface area contributed by atoms with Crippen LogP contribution in [0.3, 0.4) is 0 Å². The van der Waals surface area contributed by atoms with Gasteiger partial charge in [-0.2, -0.15) is 5.10 Å². The van der Waals surface area contributed by atoms with Gasteiger partial charge < -0.3 is 10.6 Å². The number of fused-ring (bicyclic) bond motifs is 1. The number of amides is 1. The molecule has 1 amide bonds. The lowest BCUT2D eigenvalue weighted by Gasteiger charge is -2.38. The molecule has 156 valence electrons. The first kappa shape index (κ1) is 22.9. The van der Waals surface area contributed by atoms with Crippen LogP contribution in [0.25, 0.3) is 11.0 Å². The Hall–Kier alpha value is -1.37. The molecule has 2 aliphatic rings. The Kier molecular flexibility index (Phi) is 7.34. The van der Waals surface area contributed by atoms with Crippen LogP contribution in [-0.2, 0) is 0 Å². The number of nitrogens with two attached hydrogens (primary N) is 1. The molecule has 4 rings (SSSR count). The van der Waals surface area contributed by atoms with Gasteiger partial charge >= 0.3 is 0 Å². The highest BCUT2D eigenvalue weighted by Gasteiger charge is 2.33. The Labute approximate surface area is 179 Å². The van der Waals surface area contributed by atoms with Crippen LogP contribution in [0.15, 0.2) is 12.3 Å². The van der Waals surface area contributed by atoms with Gasteiger partial charge in [0.05, 0.1) is 17.1 Å². The smallest absolute Gasteiger partial charge is 0.255 e. The van der Waals surface area contributed by atoms with E-state index in [0.29, 0.717) is 18.4 Å². The topological polar surface area (TPSA) is 77.0 Å². The first-order valence-corrected chi connectivity index (χ1v) is 9.88. The molecule has 2 fully saturated rings. The number of likely N-dealkylation sites (tertiary alicyclic amines) is 1. The number of pyridine rings is 1. The standard InChI is InChI=1S/C20H29N5O.2ClH/c1-12(2)25-19-17(11-22-25)16(9-18(23-19)14-4-5-14)20(26)24-7-6-13(3)8-15(24)10-21;;/h9,11-15H,4-8,10,21H2,1-3H3;2*1H. The molecule has 0 radical (unpaired) electrons. The largest absolute Gasteiger partial charge is 0.334 e. The minimum atomic E-state index is 0. The third-order valence-electron chi connectivity index (χ3n) is 5.81. The molecule has 1 saturated heterocycles. The predicted molar refractivity (Wildman–Crippen MR) is 117 cm³/mol. The fourth-order valence-corrected chi connectivity index (χ4v) is 4.08. The summed E-state index contributed by atoms with van der Waals surface area (Å²) in [5.41, 5.74) is 8.62. The van der Waals surface area contributed by atoms with Gasteiger partial charge in [-0.3, -0.25) is 4.79 Å². The van der Waals surface area contributed by atoms with E-state index < -0.39 is 0 Å². The summed E-state index contributed by atoms with van der Waals surface area (Å²) < 4.78 is 1.93. The lowest BCUT2D eigenvalue weighted by Crippen LogP contribution is -2.49. The number of halogens is 2. The maximum atomic E-state index is 13.5. The lowest BCUT2D eigenvalue weighted by atomic mass is 9.91. The maximum absolute atomic E-state index is 13.5. The highest BCUT2D eigenvalue weighted by molar-refractivity contribution is 6.05. The molecular formula is C20H31Cl2N5O. The van der Waals surface area contributed by atoms with Crippen molar-refractivity contribution in [1.82, 2.24) is 19.7 Å². The molecule has 0 bridgehead atoms.